The van der Waals surface area contributed by atoms with E-state index in [9.17, 15) is 9.59 Å². The number of carbonyl (C=O) groups excluding carboxylic acids is 2. The van der Waals surface area contributed by atoms with Crippen molar-refractivity contribution in [1.82, 2.24) is 5.32 Å². The number of benzene rings is 2. The molecular formula is C19H20N2O2. The summed E-state index contributed by atoms with van der Waals surface area (Å²) in [6.45, 7) is 2.47. The lowest BCUT2D eigenvalue weighted by molar-refractivity contribution is -0.122. The molecule has 1 fully saturated rings. The molecule has 0 bridgehead atoms. The zero-order chi connectivity index (χ0) is 16.2. The Bertz CT molecular complexity index is 718. The van der Waals surface area contributed by atoms with E-state index in [1.807, 2.05) is 43.3 Å². The van der Waals surface area contributed by atoms with Gasteiger partial charge in [-0.15, -0.1) is 0 Å². The summed E-state index contributed by atoms with van der Waals surface area (Å²) in [7, 11) is 0. The summed E-state index contributed by atoms with van der Waals surface area (Å²) in [6, 6.07) is 15.0. The maximum atomic E-state index is 12.3. The van der Waals surface area contributed by atoms with E-state index in [1.54, 1.807) is 12.1 Å². The summed E-state index contributed by atoms with van der Waals surface area (Å²) < 4.78 is 0. The zero-order valence-electron chi connectivity index (χ0n) is 13.1. The van der Waals surface area contributed by atoms with Gasteiger partial charge in [-0.1, -0.05) is 30.3 Å². The Morgan fingerprint density at radius 1 is 1.04 bits per heavy atom. The van der Waals surface area contributed by atoms with Gasteiger partial charge in [0.05, 0.1) is 0 Å². The molecule has 0 aromatic heterocycles. The van der Waals surface area contributed by atoms with Crippen molar-refractivity contribution >= 4 is 17.5 Å². The van der Waals surface area contributed by atoms with Crippen LogP contribution in [0.25, 0.3) is 0 Å². The molecule has 0 heterocycles. The van der Waals surface area contributed by atoms with Crippen LogP contribution >= 0.6 is 0 Å². The molecule has 0 saturated heterocycles. The van der Waals surface area contributed by atoms with E-state index in [0.717, 1.165) is 29.7 Å². The SMILES string of the molecule is Cc1ccccc1NC(=O)c1ccc(CNC(=O)C2CC2)cc1. The molecule has 23 heavy (non-hydrogen) atoms. The van der Waals surface area contributed by atoms with Crippen molar-refractivity contribution in [1.29, 1.82) is 0 Å². The van der Waals surface area contributed by atoms with Crippen molar-refractivity contribution in [2.75, 3.05) is 5.32 Å². The normalized spacial score (nSPS) is 13.4. The standard InChI is InChI=1S/C19H20N2O2/c1-13-4-2-3-5-17(13)21-19(23)16-8-6-14(7-9-16)12-20-18(22)15-10-11-15/h2-9,15H,10-12H2,1H3,(H,20,22)(H,21,23). The number of aryl methyl sites for hydroxylation is 1. The van der Waals surface area contributed by atoms with Gasteiger partial charge in [-0.25, -0.2) is 0 Å². The number of para-hydroxylation sites is 1. The number of amides is 2. The predicted molar refractivity (Wildman–Crippen MR) is 90.1 cm³/mol. The van der Waals surface area contributed by atoms with Crippen LogP contribution in [0, 0.1) is 12.8 Å². The maximum absolute atomic E-state index is 12.3. The van der Waals surface area contributed by atoms with Gasteiger partial charge < -0.3 is 10.6 Å². The maximum Gasteiger partial charge on any atom is 0.255 e. The Kier molecular flexibility index (Phi) is 4.42. The summed E-state index contributed by atoms with van der Waals surface area (Å²) in [5.74, 6) is 0.216. The molecule has 2 aromatic carbocycles. The Balaban J connectivity index is 1.58. The first kappa shape index (κ1) is 15.3. The Labute approximate surface area is 135 Å². The van der Waals surface area contributed by atoms with Crippen LogP contribution in [0.2, 0.25) is 0 Å². The summed E-state index contributed by atoms with van der Waals surface area (Å²) in [6.07, 6.45) is 2.01. The van der Waals surface area contributed by atoms with Crippen molar-refractivity contribution in [3.63, 3.8) is 0 Å². The molecule has 0 unspecified atom stereocenters. The molecular weight excluding hydrogens is 288 g/mol. The van der Waals surface area contributed by atoms with Crippen LogP contribution in [0.15, 0.2) is 48.5 Å². The van der Waals surface area contributed by atoms with E-state index in [2.05, 4.69) is 10.6 Å². The third kappa shape index (κ3) is 3.97. The molecule has 0 aliphatic heterocycles. The molecule has 2 N–H and O–H groups in total. The molecule has 2 aromatic rings. The number of nitrogens with one attached hydrogen (secondary N) is 2. The fourth-order valence-corrected chi connectivity index (χ4v) is 2.36. The topological polar surface area (TPSA) is 58.2 Å². The van der Waals surface area contributed by atoms with Crippen molar-refractivity contribution in [2.45, 2.75) is 26.3 Å². The third-order valence-corrected chi connectivity index (χ3v) is 4.02. The fourth-order valence-electron chi connectivity index (χ4n) is 2.36. The molecule has 4 nitrogen and oxygen atoms in total. The molecule has 1 aliphatic carbocycles. The van der Waals surface area contributed by atoms with E-state index in [4.69, 9.17) is 0 Å². The highest BCUT2D eigenvalue weighted by molar-refractivity contribution is 6.04. The smallest absolute Gasteiger partial charge is 0.255 e. The van der Waals surface area contributed by atoms with Crippen molar-refractivity contribution in [3.8, 4) is 0 Å². The molecule has 1 aliphatic rings. The molecule has 3 rings (SSSR count). The molecule has 0 radical (unpaired) electrons. The van der Waals surface area contributed by atoms with E-state index in [1.165, 1.54) is 0 Å². The summed E-state index contributed by atoms with van der Waals surface area (Å²) >= 11 is 0. The van der Waals surface area contributed by atoms with Gasteiger partial charge in [0, 0.05) is 23.7 Å². The minimum absolute atomic E-state index is 0.131. The van der Waals surface area contributed by atoms with E-state index < -0.39 is 0 Å². The highest BCUT2D eigenvalue weighted by atomic mass is 16.2. The van der Waals surface area contributed by atoms with Crippen molar-refractivity contribution in [2.24, 2.45) is 5.92 Å². The van der Waals surface area contributed by atoms with E-state index >= 15 is 0 Å². The first-order chi connectivity index (χ1) is 11.1. The van der Waals surface area contributed by atoms with Gasteiger partial charge in [-0.2, -0.15) is 0 Å². The van der Waals surface area contributed by atoms with Gasteiger partial charge >= 0.3 is 0 Å². The molecule has 4 heteroatoms. The van der Waals surface area contributed by atoms with Gasteiger partial charge in [-0.3, -0.25) is 9.59 Å². The van der Waals surface area contributed by atoms with E-state index in [0.29, 0.717) is 12.1 Å². The highest BCUT2D eigenvalue weighted by Gasteiger charge is 2.29. The van der Waals surface area contributed by atoms with Gasteiger partial charge in [-0.05, 0) is 49.1 Å². The minimum Gasteiger partial charge on any atom is -0.352 e. The summed E-state index contributed by atoms with van der Waals surface area (Å²) in [4.78, 5) is 23.9. The second-order valence-electron chi connectivity index (χ2n) is 5.96. The molecule has 0 atom stereocenters. The van der Waals surface area contributed by atoms with Gasteiger partial charge in [0.15, 0.2) is 0 Å². The molecule has 0 spiro atoms. The second kappa shape index (κ2) is 6.65. The lowest BCUT2D eigenvalue weighted by Crippen LogP contribution is -2.24. The summed E-state index contributed by atoms with van der Waals surface area (Å²) in [5, 5.41) is 5.83. The number of carbonyl (C=O) groups is 2. The van der Waals surface area contributed by atoms with Crippen LogP contribution in [-0.4, -0.2) is 11.8 Å². The van der Waals surface area contributed by atoms with Crippen molar-refractivity contribution < 1.29 is 9.59 Å². The monoisotopic (exact) mass is 308 g/mol. The second-order valence-corrected chi connectivity index (χ2v) is 5.96. The minimum atomic E-state index is -0.132. The van der Waals surface area contributed by atoms with E-state index in [-0.39, 0.29) is 17.7 Å². The number of anilines is 1. The quantitative estimate of drug-likeness (QED) is 0.890. The van der Waals surface area contributed by atoms with Crippen LogP contribution in [0.3, 0.4) is 0 Å². The van der Waals surface area contributed by atoms with Crippen LogP contribution in [0.4, 0.5) is 5.69 Å². The largest absolute Gasteiger partial charge is 0.352 e. The highest BCUT2D eigenvalue weighted by Crippen LogP contribution is 2.28. The average molecular weight is 308 g/mol. The lowest BCUT2D eigenvalue weighted by Gasteiger charge is -2.09. The Hall–Kier alpha value is -2.62. The summed E-state index contributed by atoms with van der Waals surface area (Å²) in [5.41, 5.74) is 3.44. The van der Waals surface area contributed by atoms with Crippen LogP contribution in [0.5, 0.6) is 0 Å². The molecule has 118 valence electrons. The first-order valence-corrected chi connectivity index (χ1v) is 7.87. The lowest BCUT2D eigenvalue weighted by atomic mass is 10.1. The zero-order valence-corrected chi connectivity index (χ0v) is 13.1. The number of hydrogen-bond acceptors (Lipinski definition) is 2. The Morgan fingerprint density at radius 3 is 2.39 bits per heavy atom. The molecule has 2 amide bonds. The number of hydrogen-bond donors (Lipinski definition) is 2. The van der Waals surface area contributed by atoms with Gasteiger partial charge in [0.25, 0.3) is 5.91 Å². The predicted octanol–water partition coefficient (Wildman–Crippen LogP) is 3.27. The first-order valence-electron chi connectivity index (χ1n) is 7.87. The van der Waals surface area contributed by atoms with Crippen LogP contribution in [-0.2, 0) is 11.3 Å². The van der Waals surface area contributed by atoms with Gasteiger partial charge in [0.2, 0.25) is 5.91 Å². The number of rotatable bonds is 5. The van der Waals surface area contributed by atoms with Crippen molar-refractivity contribution in [3.05, 3.63) is 65.2 Å². The van der Waals surface area contributed by atoms with Gasteiger partial charge in [0.1, 0.15) is 0 Å². The third-order valence-electron chi connectivity index (χ3n) is 4.02. The fraction of sp³-hybridized carbons (Fsp3) is 0.263. The molecule has 1 saturated carbocycles. The van der Waals surface area contributed by atoms with Crippen LogP contribution in [0.1, 0.15) is 34.3 Å². The van der Waals surface area contributed by atoms with Crippen LogP contribution < -0.4 is 10.6 Å². The Morgan fingerprint density at radius 2 is 1.74 bits per heavy atom. The average Bonchev–Trinajstić information content (AvgIpc) is 3.40.